The largest absolute Gasteiger partial charge is 0.353 e. The third-order valence-corrected chi connectivity index (χ3v) is 5.68. The first-order valence-corrected chi connectivity index (χ1v) is 10.5. The molecule has 4 aromatic rings. The minimum Gasteiger partial charge on any atom is -0.353 e. The Morgan fingerprint density at radius 3 is 2.47 bits per heavy atom. The second-order valence-electron chi connectivity index (χ2n) is 7.67. The Labute approximate surface area is 184 Å². The number of fused-ring (bicyclic) bond motifs is 1. The minimum atomic E-state index is -0.246. The van der Waals surface area contributed by atoms with Crippen LogP contribution >= 0.6 is 0 Å². The molecule has 1 aliphatic rings. The van der Waals surface area contributed by atoms with Gasteiger partial charge in [0.15, 0.2) is 5.82 Å². The number of nitrogens with zero attached hydrogens (tertiary/aromatic N) is 6. The fourth-order valence-electron chi connectivity index (χ4n) is 3.91. The molecule has 0 aliphatic carbocycles. The van der Waals surface area contributed by atoms with Crippen molar-refractivity contribution in [1.82, 2.24) is 24.6 Å². The molecule has 1 saturated heterocycles. The van der Waals surface area contributed by atoms with E-state index in [1.54, 1.807) is 23.4 Å². The molecule has 0 spiro atoms. The number of aromatic nitrogens is 4. The van der Waals surface area contributed by atoms with Gasteiger partial charge in [-0.3, -0.25) is 9.59 Å². The SMILES string of the molecule is O=C(Cn1ncc2ccccc2c1=O)N1CCN(c2ccnc(-c3ccccc3)n2)CC1. The van der Waals surface area contributed by atoms with Gasteiger partial charge in [0.1, 0.15) is 12.4 Å². The summed E-state index contributed by atoms with van der Waals surface area (Å²) in [4.78, 5) is 38.5. The molecular weight excluding hydrogens is 404 g/mol. The zero-order valence-electron chi connectivity index (χ0n) is 17.5. The Morgan fingerprint density at radius 2 is 1.66 bits per heavy atom. The highest BCUT2D eigenvalue weighted by Crippen LogP contribution is 2.19. The Morgan fingerprint density at radius 1 is 0.906 bits per heavy atom. The lowest BCUT2D eigenvalue weighted by molar-refractivity contribution is -0.132. The van der Waals surface area contributed by atoms with Crippen LogP contribution < -0.4 is 10.5 Å². The quantitative estimate of drug-likeness (QED) is 0.498. The van der Waals surface area contributed by atoms with Crippen molar-refractivity contribution in [1.29, 1.82) is 0 Å². The van der Waals surface area contributed by atoms with E-state index >= 15 is 0 Å². The zero-order valence-corrected chi connectivity index (χ0v) is 17.5. The predicted molar refractivity (Wildman–Crippen MR) is 122 cm³/mol. The van der Waals surface area contributed by atoms with Crippen LogP contribution in [0.4, 0.5) is 5.82 Å². The van der Waals surface area contributed by atoms with Gasteiger partial charge in [-0.25, -0.2) is 14.6 Å². The molecule has 1 aliphatic heterocycles. The molecule has 8 heteroatoms. The van der Waals surface area contributed by atoms with Crippen LogP contribution in [0.25, 0.3) is 22.2 Å². The summed E-state index contributed by atoms with van der Waals surface area (Å²) >= 11 is 0. The number of benzene rings is 2. The Hall–Kier alpha value is -4.07. The van der Waals surface area contributed by atoms with Gasteiger partial charge in [0.25, 0.3) is 5.56 Å². The Balaban J connectivity index is 1.25. The predicted octanol–water partition coefficient (Wildman–Crippen LogP) is 2.20. The highest BCUT2D eigenvalue weighted by molar-refractivity contribution is 5.81. The maximum Gasteiger partial charge on any atom is 0.275 e. The number of hydrogen-bond donors (Lipinski definition) is 0. The van der Waals surface area contributed by atoms with Crippen molar-refractivity contribution in [2.24, 2.45) is 0 Å². The van der Waals surface area contributed by atoms with Crippen LogP contribution in [0.5, 0.6) is 0 Å². The molecule has 1 amide bonds. The van der Waals surface area contributed by atoms with Gasteiger partial charge < -0.3 is 9.80 Å². The van der Waals surface area contributed by atoms with Crippen molar-refractivity contribution in [3.63, 3.8) is 0 Å². The van der Waals surface area contributed by atoms with Gasteiger partial charge in [0, 0.05) is 43.3 Å². The number of rotatable bonds is 4. The van der Waals surface area contributed by atoms with E-state index in [4.69, 9.17) is 4.98 Å². The highest BCUT2D eigenvalue weighted by atomic mass is 16.2. The summed E-state index contributed by atoms with van der Waals surface area (Å²) in [5.41, 5.74) is 0.723. The number of hydrogen-bond acceptors (Lipinski definition) is 6. The summed E-state index contributed by atoms with van der Waals surface area (Å²) in [5, 5.41) is 5.51. The molecule has 2 aromatic heterocycles. The molecule has 0 radical (unpaired) electrons. The molecular formula is C24H22N6O2. The zero-order chi connectivity index (χ0) is 21.9. The second-order valence-corrected chi connectivity index (χ2v) is 7.67. The third kappa shape index (κ3) is 3.94. The van der Waals surface area contributed by atoms with E-state index in [1.807, 2.05) is 54.6 Å². The molecule has 0 unspecified atom stereocenters. The fourth-order valence-corrected chi connectivity index (χ4v) is 3.91. The highest BCUT2D eigenvalue weighted by Gasteiger charge is 2.23. The van der Waals surface area contributed by atoms with Crippen molar-refractivity contribution in [3.05, 3.63) is 83.4 Å². The molecule has 0 N–H and O–H groups in total. The standard InChI is InChI=1S/C24H22N6O2/c31-22(17-30-24(32)20-9-5-4-8-19(20)16-26-30)29-14-12-28(13-15-29)21-10-11-25-23(27-21)18-6-2-1-3-7-18/h1-11,16H,12-15,17H2. The van der Waals surface area contributed by atoms with E-state index < -0.39 is 0 Å². The Bertz CT molecular complexity index is 1310. The first kappa shape index (κ1) is 19.9. The molecule has 3 heterocycles. The normalized spacial score (nSPS) is 14.0. The summed E-state index contributed by atoms with van der Waals surface area (Å²) in [6.45, 7) is 2.39. The average Bonchev–Trinajstić information content (AvgIpc) is 2.86. The summed E-state index contributed by atoms with van der Waals surface area (Å²) < 4.78 is 1.24. The van der Waals surface area contributed by atoms with Crippen molar-refractivity contribution < 1.29 is 4.79 Å². The van der Waals surface area contributed by atoms with Gasteiger partial charge in [-0.15, -0.1) is 0 Å². The molecule has 1 fully saturated rings. The first-order valence-electron chi connectivity index (χ1n) is 10.5. The van der Waals surface area contributed by atoms with Gasteiger partial charge in [0.2, 0.25) is 5.91 Å². The molecule has 0 saturated carbocycles. The smallest absolute Gasteiger partial charge is 0.275 e. The third-order valence-electron chi connectivity index (χ3n) is 5.68. The lowest BCUT2D eigenvalue weighted by atomic mass is 10.2. The van der Waals surface area contributed by atoms with Crippen molar-refractivity contribution in [2.45, 2.75) is 6.54 Å². The lowest BCUT2D eigenvalue weighted by Crippen LogP contribution is -2.50. The molecule has 8 nitrogen and oxygen atoms in total. The van der Waals surface area contributed by atoms with Crippen molar-refractivity contribution in [2.75, 3.05) is 31.1 Å². The maximum absolute atomic E-state index is 12.8. The van der Waals surface area contributed by atoms with Gasteiger partial charge in [-0.05, 0) is 12.1 Å². The molecule has 32 heavy (non-hydrogen) atoms. The van der Waals surface area contributed by atoms with E-state index in [-0.39, 0.29) is 18.0 Å². The van der Waals surface area contributed by atoms with E-state index in [0.717, 1.165) is 16.8 Å². The van der Waals surface area contributed by atoms with E-state index in [1.165, 1.54) is 4.68 Å². The molecule has 2 aromatic carbocycles. The number of amides is 1. The lowest BCUT2D eigenvalue weighted by Gasteiger charge is -2.35. The van der Waals surface area contributed by atoms with Crippen LogP contribution in [0.3, 0.4) is 0 Å². The maximum atomic E-state index is 12.8. The van der Waals surface area contributed by atoms with Crippen LogP contribution in [-0.4, -0.2) is 56.7 Å². The number of anilines is 1. The van der Waals surface area contributed by atoms with Crippen LogP contribution in [0, 0.1) is 0 Å². The van der Waals surface area contributed by atoms with Gasteiger partial charge in [-0.1, -0.05) is 48.5 Å². The summed E-state index contributed by atoms with van der Waals surface area (Å²) in [6, 6.07) is 19.0. The molecule has 5 rings (SSSR count). The number of piperazine rings is 1. The van der Waals surface area contributed by atoms with E-state index in [2.05, 4.69) is 15.0 Å². The van der Waals surface area contributed by atoms with Crippen LogP contribution in [-0.2, 0) is 11.3 Å². The second kappa shape index (κ2) is 8.58. The van der Waals surface area contributed by atoms with Crippen LogP contribution in [0.15, 0.2) is 77.9 Å². The van der Waals surface area contributed by atoms with E-state index in [9.17, 15) is 9.59 Å². The first-order chi connectivity index (χ1) is 15.7. The monoisotopic (exact) mass is 426 g/mol. The summed E-state index contributed by atoms with van der Waals surface area (Å²) in [5.74, 6) is 1.42. The molecule has 0 bridgehead atoms. The van der Waals surface area contributed by atoms with Crippen molar-refractivity contribution in [3.8, 4) is 11.4 Å². The molecule has 0 atom stereocenters. The van der Waals surface area contributed by atoms with Crippen LogP contribution in [0.2, 0.25) is 0 Å². The van der Waals surface area contributed by atoms with Gasteiger partial charge in [-0.2, -0.15) is 5.10 Å². The topological polar surface area (TPSA) is 84.2 Å². The number of carbonyl (C=O) groups excluding carboxylic acids is 1. The molecule has 160 valence electrons. The minimum absolute atomic E-state index is 0.0602. The summed E-state index contributed by atoms with van der Waals surface area (Å²) in [6.07, 6.45) is 3.39. The van der Waals surface area contributed by atoms with Gasteiger partial charge in [0.05, 0.1) is 11.6 Å². The average molecular weight is 426 g/mol. The summed E-state index contributed by atoms with van der Waals surface area (Å²) in [7, 11) is 0. The number of carbonyl (C=O) groups is 1. The van der Waals surface area contributed by atoms with Crippen LogP contribution in [0.1, 0.15) is 0 Å². The van der Waals surface area contributed by atoms with Gasteiger partial charge >= 0.3 is 0 Å². The Kier molecular flexibility index (Phi) is 5.33. The van der Waals surface area contributed by atoms with E-state index in [0.29, 0.717) is 37.4 Å². The van der Waals surface area contributed by atoms with Crippen molar-refractivity contribution >= 4 is 22.5 Å². The fraction of sp³-hybridized carbons (Fsp3) is 0.208.